The van der Waals surface area contributed by atoms with Crippen LogP contribution in [0.1, 0.15) is 26.2 Å². The van der Waals surface area contributed by atoms with Crippen LogP contribution in [0.3, 0.4) is 0 Å². The van der Waals surface area contributed by atoms with E-state index >= 15 is 0 Å². The first-order valence-corrected chi connectivity index (χ1v) is 7.63. The molecule has 3 atom stereocenters. The van der Waals surface area contributed by atoms with E-state index in [-0.39, 0.29) is 5.25 Å². The van der Waals surface area contributed by atoms with Crippen LogP contribution in [0.5, 0.6) is 11.8 Å². The zero-order chi connectivity index (χ0) is 14.5. The summed E-state index contributed by atoms with van der Waals surface area (Å²) in [6.45, 7) is 2.23. The minimum atomic E-state index is -0.100. The number of carbonyl (C=O) groups is 1. The van der Waals surface area contributed by atoms with Crippen LogP contribution >= 0.6 is 11.8 Å². The van der Waals surface area contributed by atoms with Crippen LogP contribution in [0.2, 0.25) is 0 Å². The lowest BCUT2D eigenvalue weighted by atomic mass is 10.0. The third kappa shape index (κ3) is 3.62. The fraction of sp³-hybridized carbons (Fsp3) is 0.643. The molecule has 1 saturated carbocycles. The topological polar surface area (TPSA) is 61.3 Å². The second-order valence-electron chi connectivity index (χ2n) is 5.13. The zero-order valence-electron chi connectivity index (χ0n) is 12.0. The Morgan fingerprint density at radius 1 is 1.30 bits per heavy atom. The summed E-state index contributed by atoms with van der Waals surface area (Å²) in [5.41, 5.74) is 0. The van der Waals surface area contributed by atoms with Gasteiger partial charge in [-0.2, -0.15) is 9.97 Å². The molecule has 2 rings (SSSR count). The Morgan fingerprint density at radius 2 is 1.95 bits per heavy atom. The quantitative estimate of drug-likeness (QED) is 0.457. The van der Waals surface area contributed by atoms with Gasteiger partial charge in [-0.05, 0) is 24.7 Å². The third-order valence-electron chi connectivity index (χ3n) is 3.65. The highest BCUT2D eigenvalue weighted by atomic mass is 32.2. The number of carbonyl (C=O) groups excluding carboxylic acids is 1. The van der Waals surface area contributed by atoms with Crippen LogP contribution < -0.4 is 9.47 Å². The number of methoxy groups -OCH3 is 2. The Kier molecular flexibility index (Phi) is 5.23. The van der Waals surface area contributed by atoms with E-state index in [4.69, 9.17) is 9.47 Å². The van der Waals surface area contributed by atoms with E-state index in [2.05, 4.69) is 16.9 Å². The van der Waals surface area contributed by atoms with Gasteiger partial charge < -0.3 is 14.3 Å². The second-order valence-corrected chi connectivity index (χ2v) is 6.28. The Hall–Kier alpha value is -1.30. The maximum absolute atomic E-state index is 11.4. The lowest BCUT2D eigenvalue weighted by Crippen LogP contribution is -2.17. The molecule has 1 aliphatic carbocycles. The van der Waals surface area contributed by atoms with E-state index in [1.54, 1.807) is 20.3 Å². The molecule has 1 aromatic rings. The molecule has 0 radical (unpaired) electrons. The van der Waals surface area contributed by atoms with Gasteiger partial charge in [-0.1, -0.05) is 25.1 Å². The summed E-state index contributed by atoms with van der Waals surface area (Å²) in [5, 5.41) is 0.426. The van der Waals surface area contributed by atoms with Gasteiger partial charge in [-0.3, -0.25) is 0 Å². The number of ether oxygens (including phenoxy) is 2. The number of nitrogens with zero attached hydrogens (tertiary/aromatic N) is 2. The summed E-state index contributed by atoms with van der Waals surface area (Å²) in [6, 6.07) is 1.62. The van der Waals surface area contributed by atoms with E-state index in [1.807, 2.05) is 0 Å². The lowest BCUT2D eigenvalue weighted by molar-refractivity contribution is -0.108. The molecule has 3 unspecified atom stereocenters. The van der Waals surface area contributed by atoms with Crippen molar-refractivity contribution in [2.75, 3.05) is 14.2 Å². The van der Waals surface area contributed by atoms with Crippen molar-refractivity contribution in [3.63, 3.8) is 0 Å². The van der Waals surface area contributed by atoms with Gasteiger partial charge in [0.15, 0.2) is 5.16 Å². The highest BCUT2D eigenvalue weighted by Gasteiger charge is 2.30. The number of hydrogen-bond donors (Lipinski definition) is 0. The van der Waals surface area contributed by atoms with Crippen LogP contribution in [0, 0.1) is 11.8 Å². The van der Waals surface area contributed by atoms with E-state index in [0.29, 0.717) is 28.8 Å². The number of hydrogen-bond acceptors (Lipinski definition) is 6. The van der Waals surface area contributed by atoms with Crippen LogP contribution in [-0.2, 0) is 4.79 Å². The van der Waals surface area contributed by atoms with Crippen LogP contribution in [-0.4, -0.2) is 35.7 Å². The highest BCUT2D eigenvalue weighted by Crippen LogP contribution is 2.38. The van der Waals surface area contributed by atoms with Gasteiger partial charge in [-0.15, -0.1) is 0 Å². The number of thioether (sulfide) groups is 1. The molecule has 0 bridgehead atoms. The average Bonchev–Trinajstić information content (AvgIpc) is 2.90. The van der Waals surface area contributed by atoms with Gasteiger partial charge >= 0.3 is 0 Å². The molecule has 1 aliphatic rings. The van der Waals surface area contributed by atoms with Gasteiger partial charge in [0.05, 0.1) is 25.5 Å². The molecule has 5 nitrogen and oxygen atoms in total. The van der Waals surface area contributed by atoms with Gasteiger partial charge in [0, 0.05) is 0 Å². The van der Waals surface area contributed by atoms with Crippen molar-refractivity contribution in [3.8, 4) is 11.8 Å². The Morgan fingerprint density at radius 3 is 2.40 bits per heavy atom. The lowest BCUT2D eigenvalue weighted by Gasteiger charge is -2.16. The van der Waals surface area contributed by atoms with Crippen LogP contribution in [0.4, 0.5) is 0 Å². The fourth-order valence-electron chi connectivity index (χ4n) is 2.55. The molecule has 1 aromatic heterocycles. The molecule has 6 heteroatoms. The first-order chi connectivity index (χ1) is 9.66. The van der Waals surface area contributed by atoms with Crippen molar-refractivity contribution >= 4 is 18.0 Å². The van der Waals surface area contributed by atoms with Crippen molar-refractivity contribution in [2.24, 2.45) is 11.8 Å². The average molecular weight is 296 g/mol. The van der Waals surface area contributed by atoms with E-state index in [0.717, 1.165) is 19.1 Å². The van der Waals surface area contributed by atoms with Crippen molar-refractivity contribution in [1.82, 2.24) is 9.97 Å². The van der Waals surface area contributed by atoms with E-state index in [1.165, 1.54) is 18.2 Å². The molecule has 0 amide bonds. The minimum absolute atomic E-state index is 0.100. The van der Waals surface area contributed by atoms with Gasteiger partial charge in [0.1, 0.15) is 6.29 Å². The first kappa shape index (κ1) is 15.1. The van der Waals surface area contributed by atoms with Crippen LogP contribution in [0.15, 0.2) is 11.2 Å². The molecule has 110 valence electrons. The predicted octanol–water partition coefficient (Wildman–Crippen LogP) is 2.59. The summed E-state index contributed by atoms with van der Waals surface area (Å²) in [5.74, 6) is 2.00. The highest BCUT2D eigenvalue weighted by molar-refractivity contribution is 8.00. The molecular formula is C14H20N2O3S. The van der Waals surface area contributed by atoms with Crippen LogP contribution in [0.25, 0.3) is 0 Å². The SMILES string of the molecule is COc1cc(OC)nc(SC(C=O)C2CCC(C)C2)n1. The molecular weight excluding hydrogens is 276 g/mol. The van der Waals surface area contributed by atoms with E-state index < -0.39 is 0 Å². The second kappa shape index (κ2) is 6.92. The summed E-state index contributed by atoms with van der Waals surface area (Å²) in [7, 11) is 3.10. The van der Waals surface area contributed by atoms with E-state index in [9.17, 15) is 4.79 Å². The minimum Gasteiger partial charge on any atom is -0.481 e. The third-order valence-corrected chi connectivity index (χ3v) is 4.81. The fourth-order valence-corrected chi connectivity index (χ4v) is 3.58. The largest absolute Gasteiger partial charge is 0.481 e. The molecule has 1 heterocycles. The van der Waals surface area contributed by atoms with Crippen molar-refractivity contribution in [3.05, 3.63) is 6.07 Å². The number of aldehydes is 1. The Bertz CT molecular complexity index is 447. The monoisotopic (exact) mass is 296 g/mol. The molecule has 0 saturated heterocycles. The standard InChI is InChI=1S/C14H20N2O3S/c1-9-4-5-10(6-9)11(8-17)20-14-15-12(18-2)7-13(16-14)19-3/h7-11H,4-6H2,1-3H3. The predicted molar refractivity (Wildman–Crippen MR) is 77.4 cm³/mol. The molecule has 0 N–H and O–H groups in total. The first-order valence-electron chi connectivity index (χ1n) is 6.75. The Balaban J connectivity index is 2.12. The van der Waals surface area contributed by atoms with Crippen molar-refractivity contribution in [2.45, 2.75) is 36.6 Å². The van der Waals surface area contributed by atoms with Gasteiger partial charge in [0.2, 0.25) is 11.8 Å². The molecule has 0 spiro atoms. The summed E-state index contributed by atoms with van der Waals surface area (Å²) >= 11 is 1.40. The van der Waals surface area contributed by atoms with Gasteiger partial charge in [-0.25, -0.2) is 0 Å². The number of aromatic nitrogens is 2. The molecule has 1 fully saturated rings. The maximum atomic E-state index is 11.4. The normalized spacial score (nSPS) is 23.4. The smallest absolute Gasteiger partial charge is 0.220 e. The summed E-state index contributed by atoms with van der Waals surface area (Å²) < 4.78 is 10.2. The van der Waals surface area contributed by atoms with Gasteiger partial charge in [0.25, 0.3) is 0 Å². The summed E-state index contributed by atoms with van der Waals surface area (Å²) in [6.07, 6.45) is 4.40. The van der Waals surface area contributed by atoms with Crippen molar-refractivity contribution in [1.29, 1.82) is 0 Å². The molecule has 0 aliphatic heterocycles. The zero-order valence-corrected chi connectivity index (χ0v) is 12.9. The Labute approximate surface area is 123 Å². The molecule has 0 aromatic carbocycles. The molecule has 20 heavy (non-hydrogen) atoms. The van der Waals surface area contributed by atoms with Crippen molar-refractivity contribution < 1.29 is 14.3 Å². The summed E-state index contributed by atoms with van der Waals surface area (Å²) in [4.78, 5) is 19.9. The maximum Gasteiger partial charge on any atom is 0.220 e. The number of rotatable bonds is 6.